The molecule has 1 aromatic heterocycles. The number of nitrogens with zero attached hydrogens (tertiary/aromatic N) is 1. The maximum Gasteiger partial charge on any atom is 0.416 e. The molecular weight excluding hydrogens is 314 g/mol. The molecule has 7 heteroatoms. The van der Waals surface area contributed by atoms with Gasteiger partial charge in [-0.05, 0) is 29.8 Å². The fourth-order valence-electron chi connectivity index (χ4n) is 1.46. The minimum atomic E-state index is -4.43. The van der Waals surface area contributed by atoms with E-state index in [1.165, 1.54) is 18.3 Å². The molecule has 0 bridgehead atoms. The van der Waals surface area contributed by atoms with E-state index in [0.717, 1.165) is 12.1 Å². The maximum atomic E-state index is 12.6. The van der Waals surface area contributed by atoms with Gasteiger partial charge in [0.2, 0.25) is 5.88 Å². The highest BCUT2D eigenvalue weighted by molar-refractivity contribution is 6.32. The third-order valence-electron chi connectivity index (χ3n) is 2.39. The molecule has 2 aromatic rings. The fraction of sp³-hybridized carbons (Fsp3) is 0.154. The first-order chi connectivity index (χ1) is 9.40. The van der Waals surface area contributed by atoms with E-state index in [4.69, 9.17) is 27.9 Å². The zero-order valence-electron chi connectivity index (χ0n) is 9.92. The van der Waals surface area contributed by atoms with Gasteiger partial charge in [0, 0.05) is 12.1 Å². The zero-order valence-corrected chi connectivity index (χ0v) is 11.4. The Morgan fingerprint density at radius 3 is 2.55 bits per heavy atom. The monoisotopic (exact) mass is 321 g/mol. The van der Waals surface area contributed by atoms with Crippen molar-refractivity contribution in [2.45, 2.75) is 12.1 Å². The van der Waals surface area contributed by atoms with Gasteiger partial charge in [-0.25, -0.2) is 4.98 Å². The van der Waals surface area contributed by atoms with Crippen LogP contribution in [0.1, 0.15) is 11.1 Å². The summed E-state index contributed by atoms with van der Waals surface area (Å²) in [4.78, 5) is 3.92. The van der Waals surface area contributed by atoms with E-state index in [9.17, 15) is 13.2 Å². The van der Waals surface area contributed by atoms with Crippen molar-refractivity contribution in [1.29, 1.82) is 0 Å². The van der Waals surface area contributed by atoms with E-state index in [-0.39, 0.29) is 22.5 Å². The quantitative estimate of drug-likeness (QED) is 0.717. The largest absolute Gasteiger partial charge is 0.438 e. The summed E-state index contributed by atoms with van der Waals surface area (Å²) in [6.07, 6.45) is -2.99. The first-order valence-corrected chi connectivity index (χ1v) is 6.37. The highest BCUT2D eigenvalue weighted by atomic mass is 35.5. The van der Waals surface area contributed by atoms with E-state index >= 15 is 0 Å². The summed E-state index contributed by atoms with van der Waals surface area (Å²) in [5.74, 6) is 0.268. The molecule has 0 amide bonds. The molecule has 20 heavy (non-hydrogen) atoms. The van der Waals surface area contributed by atoms with Crippen LogP contribution in [0.5, 0.6) is 11.6 Å². The van der Waals surface area contributed by atoms with Crippen molar-refractivity contribution in [2.24, 2.45) is 0 Å². The molecule has 0 atom stereocenters. The summed E-state index contributed by atoms with van der Waals surface area (Å²) in [6, 6.07) is 6.03. The molecule has 0 aliphatic heterocycles. The number of ether oxygens (including phenoxy) is 1. The van der Waals surface area contributed by atoms with Crippen LogP contribution in [0.3, 0.4) is 0 Å². The van der Waals surface area contributed by atoms with Gasteiger partial charge in [-0.15, -0.1) is 11.6 Å². The molecule has 0 N–H and O–H groups in total. The summed E-state index contributed by atoms with van der Waals surface area (Å²) >= 11 is 11.5. The molecule has 2 nitrogen and oxygen atoms in total. The number of benzene rings is 1. The topological polar surface area (TPSA) is 22.1 Å². The third-order valence-corrected chi connectivity index (χ3v) is 2.97. The predicted molar refractivity (Wildman–Crippen MR) is 70.3 cm³/mol. The van der Waals surface area contributed by atoms with Crippen molar-refractivity contribution < 1.29 is 17.9 Å². The molecule has 2 rings (SSSR count). The third kappa shape index (κ3) is 3.55. The van der Waals surface area contributed by atoms with Crippen molar-refractivity contribution in [3.8, 4) is 11.6 Å². The van der Waals surface area contributed by atoms with Crippen LogP contribution in [0.25, 0.3) is 0 Å². The first-order valence-electron chi connectivity index (χ1n) is 5.45. The molecule has 0 unspecified atom stereocenters. The molecule has 1 aromatic carbocycles. The van der Waals surface area contributed by atoms with Crippen LogP contribution in [-0.4, -0.2) is 4.98 Å². The van der Waals surface area contributed by atoms with E-state index in [0.29, 0.717) is 5.56 Å². The average molecular weight is 322 g/mol. The summed E-state index contributed by atoms with van der Waals surface area (Å²) in [5.41, 5.74) is -0.114. The highest BCUT2D eigenvalue weighted by Crippen LogP contribution is 2.33. The van der Waals surface area contributed by atoms with Gasteiger partial charge >= 0.3 is 6.18 Å². The van der Waals surface area contributed by atoms with E-state index in [1.54, 1.807) is 6.07 Å². The van der Waals surface area contributed by atoms with Gasteiger partial charge < -0.3 is 4.74 Å². The Kier molecular flexibility index (Phi) is 4.40. The summed E-state index contributed by atoms with van der Waals surface area (Å²) in [7, 11) is 0. The molecule has 0 spiro atoms. The molecule has 0 fully saturated rings. The number of hydrogen-bond acceptors (Lipinski definition) is 2. The summed E-state index contributed by atoms with van der Waals surface area (Å²) < 4.78 is 43.0. The first kappa shape index (κ1) is 14.9. The molecule has 0 aliphatic rings. The van der Waals surface area contributed by atoms with Crippen LogP contribution in [0.2, 0.25) is 5.02 Å². The zero-order chi connectivity index (χ0) is 14.8. The maximum absolute atomic E-state index is 12.6. The van der Waals surface area contributed by atoms with Gasteiger partial charge in [-0.3, -0.25) is 0 Å². The van der Waals surface area contributed by atoms with Crippen LogP contribution in [0, 0.1) is 0 Å². The Bertz CT molecular complexity index is 617. The number of rotatable bonds is 3. The Balaban J connectivity index is 2.26. The lowest BCUT2D eigenvalue weighted by Gasteiger charge is -2.10. The summed E-state index contributed by atoms with van der Waals surface area (Å²) in [6.45, 7) is 0. The molecule has 106 valence electrons. The minimum absolute atomic E-state index is 0.00727. The fourth-order valence-corrected chi connectivity index (χ4v) is 1.83. The number of alkyl halides is 4. The van der Waals surface area contributed by atoms with Gasteiger partial charge in [0.1, 0.15) is 10.8 Å². The van der Waals surface area contributed by atoms with Crippen molar-refractivity contribution >= 4 is 23.2 Å². The van der Waals surface area contributed by atoms with Gasteiger partial charge in [-0.2, -0.15) is 13.2 Å². The molecule has 0 saturated heterocycles. The Labute approximate surface area is 123 Å². The Morgan fingerprint density at radius 1 is 1.20 bits per heavy atom. The standard InChI is InChI=1S/C13H8Cl2F3NO/c14-6-8-4-11(15)12(19-7-8)20-10-3-1-2-9(5-10)13(16,17)18/h1-5,7H,6H2. The van der Waals surface area contributed by atoms with Crippen molar-refractivity contribution in [1.82, 2.24) is 4.98 Å². The SMILES string of the molecule is FC(F)(F)c1cccc(Oc2ncc(CCl)cc2Cl)c1. The lowest BCUT2D eigenvalue weighted by Crippen LogP contribution is -2.04. The molecular formula is C13H8Cl2F3NO. The highest BCUT2D eigenvalue weighted by Gasteiger charge is 2.30. The van der Waals surface area contributed by atoms with Crippen LogP contribution < -0.4 is 4.74 Å². The van der Waals surface area contributed by atoms with Crippen molar-refractivity contribution in [3.63, 3.8) is 0 Å². The summed E-state index contributed by atoms with van der Waals surface area (Å²) in [5, 5.41) is 0.181. The molecule has 1 heterocycles. The molecule has 0 radical (unpaired) electrons. The van der Waals surface area contributed by atoms with E-state index in [1.807, 2.05) is 0 Å². The van der Waals surface area contributed by atoms with Crippen LogP contribution in [0.15, 0.2) is 36.5 Å². The van der Waals surface area contributed by atoms with E-state index in [2.05, 4.69) is 4.98 Å². The average Bonchev–Trinajstić information content (AvgIpc) is 2.40. The number of aromatic nitrogens is 1. The molecule has 0 aliphatic carbocycles. The predicted octanol–water partition coefficient (Wildman–Crippen LogP) is 5.28. The lowest BCUT2D eigenvalue weighted by molar-refractivity contribution is -0.137. The van der Waals surface area contributed by atoms with E-state index < -0.39 is 11.7 Å². The van der Waals surface area contributed by atoms with Gasteiger partial charge in [0.25, 0.3) is 0 Å². The normalized spacial score (nSPS) is 11.4. The number of hydrogen-bond donors (Lipinski definition) is 0. The second-order valence-electron chi connectivity index (χ2n) is 3.89. The van der Waals surface area contributed by atoms with Crippen LogP contribution >= 0.6 is 23.2 Å². The van der Waals surface area contributed by atoms with Crippen molar-refractivity contribution in [2.75, 3.05) is 0 Å². The van der Waals surface area contributed by atoms with Gasteiger partial charge in [0.05, 0.1) is 5.56 Å². The smallest absolute Gasteiger partial charge is 0.416 e. The Morgan fingerprint density at radius 2 is 1.95 bits per heavy atom. The number of pyridine rings is 1. The van der Waals surface area contributed by atoms with Gasteiger partial charge in [-0.1, -0.05) is 17.7 Å². The minimum Gasteiger partial charge on any atom is -0.438 e. The Hall–Kier alpha value is -1.46. The van der Waals surface area contributed by atoms with Gasteiger partial charge in [0.15, 0.2) is 0 Å². The van der Waals surface area contributed by atoms with Crippen LogP contribution in [-0.2, 0) is 12.1 Å². The second-order valence-corrected chi connectivity index (χ2v) is 4.57. The second kappa shape index (κ2) is 5.89. The van der Waals surface area contributed by atoms with Crippen LogP contribution in [0.4, 0.5) is 13.2 Å². The lowest BCUT2D eigenvalue weighted by atomic mass is 10.2. The van der Waals surface area contributed by atoms with Crippen molar-refractivity contribution in [3.05, 3.63) is 52.7 Å². The molecule has 0 saturated carbocycles. The number of halogens is 5.